The Bertz CT molecular complexity index is 421. The first-order chi connectivity index (χ1) is 9.32. The molecule has 0 radical (unpaired) electrons. The zero-order chi connectivity index (χ0) is 15.2. The summed E-state index contributed by atoms with van der Waals surface area (Å²) in [5.41, 5.74) is -0.779. The lowest BCUT2D eigenvalue weighted by Gasteiger charge is -2.16. The number of rotatable bonds is 7. The molecule has 0 aliphatic carbocycles. The van der Waals surface area contributed by atoms with Crippen LogP contribution in [0.1, 0.15) is 51.5 Å². The van der Waals surface area contributed by atoms with Gasteiger partial charge in [-0.15, -0.1) is 0 Å². The van der Waals surface area contributed by atoms with Gasteiger partial charge in [-0.3, -0.25) is 0 Å². The molecule has 114 valence electrons. The van der Waals surface area contributed by atoms with Gasteiger partial charge in [-0.2, -0.15) is 13.2 Å². The molecule has 1 atom stereocenters. The smallest absolute Gasteiger partial charge is 0.368 e. The third-order valence-corrected chi connectivity index (χ3v) is 3.20. The molecule has 0 amide bonds. The zero-order valence-electron chi connectivity index (χ0n) is 11.7. The number of unbranched alkanes of at least 4 members (excludes halogenated alkanes) is 3. The predicted octanol–water partition coefficient (Wildman–Crippen LogP) is 5.52. The van der Waals surface area contributed by atoms with Crippen molar-refractivity contribution in [1.29, 1.82) is 0 Å². The Labute approximate surface area is 122 Å². The second kappa shape index (κ2) is 7.72. The largest absolute Gasteiger partial charge is 0.416 e. The van der Waals surface area contributed by atoms with Crippen LogP contribution in [0.5, 0.6) is 0 Å². The summed E-state index contributed by atoms with van der Waals surface area (Å²) in [5, 5.41) is 2.82. The van der Waals surface area contributed by atoms with Crippen molar-refractivity contribution in [2.24, 2.45) is 0 Å². The molecular weight excluding hydrogens is 289 g/mol. The quantitative estimate of drug-likeness (QED) is 0.529. The molecule has 0 bridgehead atoms. The van der Waals surface area contributed by atoms with Gasteiger partial charge < -0.3 is 5.32 Å². The summed E-state index contributed by atoms with van der Waals surface area (Å²) in [6, 6.07) is 1.89. The molecule has 0 spiro atoms. The van der Waals surface area contributed by atoms with Crippen molar-refractivity contribution in [3.8, 4) is 0 Å². The van der Waals surface area contributed by atoms with E-state index in [4.69, 9.17) is 11.6 Å². The van der Waals surface area contributed by atoms with Crippen LogP contribution in [0, 0.1) is 0 Å². The van der Waals surface area contributed by atoms with E-state index in [0.29, 0.717) is 0 Å². The lowest BCUT2D eigenvalue weighted by Crippen LogP contribution is -2.17. The van der Waals surface area contributed by atoms with Crippen LogP contribution in [-0.2, 0) is 6.18 Å². The predicted molar refractivity (Wildman–Crippen MR) is 76.1 cm³/mol. The zero-order valence-corrected chi connectivity index (χ0v) is 12.5. The maximum Gasteiger partial charge on any atom is 0.416 e. The van der Waals surface area contributed by atoms with Crippen molar-refractivity contribution in [2.75, 3.05) is 5.32 Å². The molecule has 0 aliphatic rings. The monoisotopic (exact) mass is 308 g/mol. The maximum atomic E-state index is 12.7. The number of aromatic nitrogens is 1. The number of nitrogens with zero attached hydrogens (tertiary/aromatic N) is 1. The first-order valence-electron chi connectivity index (χ1n) is 6.84. The van der Waals surface area contributed by atoms with Gasteiger partial charge in [0.15, 0.2) is 0 Å². The number of hydrogen-bond donors (Lipinski definition) is 1. The summed E-state index contributed by atoms with van der Waals surface area (Å²) >= 11 is 5.63. The van der Waals surface area contributed by atoms with Crippen LogP contribution >= 0.6 is 11.6 Å². The molecule has 1 aromatic heterocycles. The topological polar surface area (TPSA) is 24.9 Å². The number of nitrogens with one attached hydrogen (secondary N) is 1. The average Bonchev–Trinajstić information content (AvgIpc) is 2.33. The second-order valence-electron chi connectivity index (χ2n) is 4.96. The fraction of sp³-hybridized carbons (Fsp3) is 0.643. The Balaban J connectivity index is 2.61. The Morgan fingerprint density at radius 1 is 1.25 bits per heavy atom. The van der Waals surface area contributed by atoms with E-state index in [2.05, 4.69) is 17.2 Å². The van der Waals surface area contributed by atoms with Crippen molar-refractivity contribution < 1.29 is 13.2 Å². The number of hydrogen-bond acceptors (Lipinski definition) is 2. The van der Waals surface area contributed by atoms with Gasteiger partial charge in [-0.1, -0.05) is 44.2 Å². The second-order valence-corrected chi connectivity index (χ2v) is 5.34. The summed E-state index contributed by atoms with van der Waals surface area (Å²) in [7, 11) is 0. The summed E-state index contributed by atoms with van der Waals surface area (Å²) in [4.78, 5) is 3.89. The Kier molecular flexibility index (Phi) is 6.59. The number of pyridine rings is 1. The number of alkyl halides is 3. The standard InChI is InChI=1S/C14H20ClF3N2/c1-3-4-5-6-7-10(2)19-13-9-11(14(16,17)18)8-12(15)20-13/h8-10H,3-7H2,1-2H3,(H,19,20). The minimum atomic E-state index is -4.41. The molecule has 1 rings (SSSR count). The maximum absolute atomic E-state index is 12.7. The van der Waals surface area contributed by atoms with E-state index < -0.39 is 11.7 Å². The van der Waals surface area contributed by atoms with E-state index in [-0.39, 0.29) is 17.0 Å². The first kappa shape index (κ1) is 17.1. The van der Waals surface area contributed by atoms with Crippen molar-refractivity contribution in [1.82, 2.24) is 4.98 Å². The molecule has 1 aromatic rings. The molecule has 2 nitrogen and oxygen atoms in total. The molecule has 0 fully saturated rings. The Hall–Kier alpha value is -0.970. The number of anilines is 1. The lowest BCUT2D eigenvalue weighted by molar-refractivity contribution is -0.137. The third kappa shape index (κ3) is 5.99. The highest BCUT2D eigenvalue weighted by molar-refractivity contribution is 6.29. The molecule has 1 heterocycles. The van der Waals surface area contributed by atoms with E-state index in [1.165, 1.54) is 6.42 Å². The highest BCUT2D eigenvalue weighted by atomic mass is 35.5. The van der Waals surface area contributed by atoms with E-state index in [1.54, 1.807) is 0 Å². The molecule has 1 N–H and O–H groups in total. The molecule has 0 aliphatic heterocycles. The summed E-state index contributed by atoms with van der Waals surface area (Å²) in [6.45, 7) is 4.07. The molecule has 20 heavy (non-hydrogen) atoms. The molecule has 1 unspecified atom stereocenters. The third-order valence-electron chi connectivity index (χ3n) is 3.01. The molecule has 0 saturated heterocycles. The van der Waals surface area contributed by atoms with Crippen LogP contribution < -0.4 is 5.32 Å². The van der Waals surface area contributed by atoms with Crippen LogP contribution in [-0.4, -0.2) is 11.0 Å². The molecule has 0 aromatic carbocycles. The van der Waals surface area contributed by atoms with Gasteiger partial charge in [0, 0.05) is 6.04 Å². The van der Waals surface area contributed by atoms with Crippen LogP contribution in [0.3, 0.4) is 0 Å². The fourth-order valence-electron chi connectivity index (χ4n) is 1.94. The Morgan fingerprint density at radius 2 is 1.95 bits per heavy atom. The first-order valence-corrected chi connectivity index (χ1v) is 7.22. The molecular formula is C14H20ClF3N2. The van der Waals surface area contributed by atoms with Crippen molar-refractivity contribution in [3.05, 3.63) is 22.8 Å². The van der Waals surface area contributed by atoms with Gasteiger partial charge in [-0.25, -0.2) is 4.98 Å². The van der Waals surface area contributed by atoms with Gasteiger partial charge in [0.2, 0.25) is 0 Å². The van der Waals surface area contributed by atoms with Crippen LogP contribution in [0.4, 0.5) is 19.0 Å². The van der Waals surface area contributed by atoms with Crippen LogP contribution in [0.25, 0.3) is 0 Å². The van der Waals surface area contributed by atoms with Gasteiger partial charge in [0.25, 0.3) is 0 Å². The molecule has 0 saturated carbocycles. The van der Waals surface area contributed by atoms with Gasteiger partial charge in [-0.05, 0) is 25.5 Å². The Morgan fingerprint density at radius 3 is 2.55 bits per heavy atom. The summed E-state index contributed by atoms with van der Waals surface area (Å²) in [6.07, 6.45) is 1.02. The SMILES string of the molecule is CCCCCCC(C)Nc1cc(C(F)(F)F)cc(Cl)n1. The van der Waals surface area contributed by atoms with Crippen LogP contribution in [0.15, 0.2) is 12.1 Å². The fourth-order valence-corrected chi connectivity index (χ4v) is 2.15. The molecule has 6 heteroatoms. The summed E-state index contributed by atoms with van der Waals surface area (Å²) in [5.74, 6) is 0.174. The van der Waals surface area contributed by atoms with Crippen LogP contribution in [0.2, 0.25) is 5.15 Å². The minimum absolute atomic E-state index is 0.0684. The van der Waals surface area contributed by atoms with E-state index >= 15 is 0 Å². The normalized spacial score (nSPS) is 13.3. The van der Waals surface area contributed by atoms with Gasteiger partial charge >= 0.3 is 6.18 Å². The van der Waals surface area contributed by atoms with Crippen molar-refractivity contribution in [3.63, 3.8) is 0 Å². The van der Waals surface area contributed by atoms with E-state index in [1.807, 2.05) is 6.92 Å². The minimum Gasteiger partial charge on any atom is -0.368 e. The average molecular weight is 309 g/mol. The highest BCUT2D eigenvalue weighted by Gasteiger charge is 2.31. The van der Waals surface area contributed by atoms with E-state index in [9.17, 15) is 13.2 Å². The van der Waals surface area contributed by atoms with Gasteiger partial charge in [0.05, 0.1) is 5.56 Å². The van der Waals surface area contributed by atoms with Gasteiger partial charge in [0.1, 0.15) is 11.0 Å². The number of halogens is 4. The summed E-state index contributed by atoms with van der Waals surface area (Å²) < 4.78 is 38.0. The highest BCUT2D eigenvalue weighted by Crippen LogP contribution is 2.32. The van der Waals surface area contributed by atoms with Crippen molar-refractivity contribution >= 4 is 17.4 Å². The lowest BCUT2D eigenvalue weighted by atomic mass is 10.1. The van der Waals surface area contributed by atoms with Crippen molar-refractivity contribution in [2.45, 2.75) is 58.2 Å². The van der Waals surface area contributed by atoms with E-state index in [0.717, 1.165) is 37.8 Å².